The number of aryl methyl sites for hydroxylation is 2. The number of benzene rings is 2. The summed E-state index contributed by atoms with van der Waals surface area (Å²) in [5.41, 5.74) is 9.55. The third-order valence-corrected chi connectivity index (χ3v) is 4.55. The highest BCUT2D eigenvalue weighted by atomic mass is 32.2. The zero-order chi connectivity index (χ0) is 17.1. The first-order chi connectivity index (χ1) is 11.6. The predicted octanol–water partition coefficient (Wildman–Crippen LogP) is 3.13. The van der Waals surface area contributed by atoms with Gasteiger partial charge in [-0.1, -0.05) is 59.8 Å². The van der Waals surface area contributed by atoms with Gasteiger partial charge in [0, 0.05) is 5.56 Å². The minimum Gasteiger partial charge on any atom is -0.369 e. The smallest absolute Gasteiger partial charge is 0.227 e. The summed E-state index contributed by atoms with van der Waals surface area (Å²) < 4.78 is 1.98. The molecule has 0 atom stereocenters. The van der Waals surface area contributed by atoms with Crippen LogP contribution in [0.4, 0.5) is 0 Å². The molecular weight excluding hydrogens is 320 g/mol. The van der Waals surface area contributed by atoms with Gasteiger partial charge in [0.05, 0.1) is 11.4 Å². The standard InChI is InChI=1S/C18H18N4OS/c1-12-8-9-15(13(2)10-12)22-17(14-6-4-3-5-7-14)20-21-18(22)24-11-16(19)23/h3-10H,11H2,1-2H3,(H2,19,23). The second-order valence-corrected chi connectivity index (χ2v) is 6.50. The van der Waals surface area contributed by atoms with Crippen LogP contribution in [-0.2, 0) is 4.79 Å². The lowest BCUT2D eigenvalue weighted by atomic mass is 10.1. The van der Waals surface area contributed by atoms with E-state index in [4.69, 9.17) is 5.73 Å². The zero-order valence-electron chi connectivity index (χ0n) is 13.6. The van der Waals surface area contributed by atoms with Gasteiger partial charge in [-0.3, -0.25) is 9.36 Å². The van der Waals surface area contributed by atoms with Gasteiger partial charge in [-0.15, -0.1) is 10.2 Å². The molecule has 3 rings (SSSR count). The van der Waals surface area contributed by atoms with Crippen molar-refractivity contribution >= 4 is 17.7 Å². The molecule has 0 aliphatic heterocycles. The fourth-order valence-electron chi connectivity index (χ4n) is 2.55. The fraction of sp³-hybridized carbons (Fsp3) is 0.167. The normalized spacial score (nSPS) is 10.8. The molecule has 0 bridgehead atoms. The first kappa shape index (κ1) is 16.3. The topological polar surface area (TPSA) is 73.8 Å². The SMILES string of the molecule is Cc1ccc(-n2c(SCC(N)=O)nnc2-c2ccccc2)c(C)c1. The Hall–Kier alpha value is -2.60. The maximum atomic E-state index is 11.2. The number of hydrogen-bond donors (Lipinski definition) is 1. The molecule has 2 N–H and O–H groups in total. The van der Waals surface area contributed by atoms with Crippen molar-refractivity contribution in [2.24, 2.45) is 5.73 Å². The van der Waals surface area contributed by atoms with Crippen LogP contribution in [0.2, 0.25) is 0 Å². The number of hydrogen-bond acceptors (Lipinski definition) is 4. The summed E-state index contributed by atoms with van der Waals surface area (Å²) in [6.07, 6.45) is 0. The van der Waals surface area contributed by atoms with Crippen molar-refractivity contribution in [3.63, 3.8) is 0 Å². The van der Waals surface area contributed by atoms with Crippen LogP contribution in [0.3, 0.4) is 0 Å². The van der Waals surface area contributed by atoms with Crippen LogP contribution in [0.25, 0.3) is 17.1 Å². The quantitative estimate of drug-likeness (QED) is 0.725. The molecule has 24 heavy (non-hydrogen) atoms. The van der Waals surface area contributed by atoms with Crippen molar-refractivity contribution in [2.45, 2.75) is 19.0 Å². The molecule has 122 valence electrons. The minimum atomic E-state index is -0.378. The van der Waals surface area contributed by atoms with E-state index in [1.165, 1.54) is 17.3 Å². The largest absolute Gasteiger partial charge is 0.369 e. The Morgan fingerprint density at radius 2 is 1.88 bits per heavy atom. The summed E-state index contributed by atoms with van der Waals surface area (Å²) >= 11 is 1.29. The summed E-state index contributed by atoms with van der Waals surface area (Å²) in [6, 6.07) is 16.1. The van der Waals surface area contributed by atoms with Crippen LogP contribution < -0.4 is 5.73 Å². The van der Waals surface area contributed by atoms with E-state index < -0.39 is 0 Å². The number of amides is 1. The summed E-state index contributed by atoms with van der Waals surface area (Å²) in [4.78, 5) is 11.2. The van der Waals surface area contributed by atoms with E-state index in [9.17, 15) is 4.79 Å². The minimum absolute atomic E-state index is 0.165. The number of primary amides is 1. The van der Waals surface area contributed by atoms with Crippen LogP contribution in [0.1, 0.15) is 11.1 Å². The summed E-state index contributed by atoms with van der Waals surface area (Å²) in [5.74, 6) is 0.531. The number of carbonyl (C=O) groups is 1. The van der Waals surface area contributed by atoms with Gasteiger partial charge >= 0.3 is 0 Å². The van der Waals surface area contributed by atoms with Crippen LogP contribution >= 0.6 is 11.8 Å². The third kappa shape index (κ3) is 3.33. The second-order valence-electron chi connectivity index (χ2n) is 5.55. The molecule has 1 aromatic heterocycles. The Bertz CT molecular complexity index is 874. The van der Waals surface area contributed by atoms with Crippen molar-refractivity contribution in [3.8, 4) is 17.1 Å². The molecule has 0 spiro atoms. The lowest BCUT2D eigenvalue weighted by molar-refractivity contribution is -0.115. The van der Waals surface area contributed by atoms with Gasteiger partial charge in [0.1, 0.15) is 0 Å². The summed E-state index contributed by atoms with van der Waals surface area (Å²) in [5, 5.41) is 9.27. The number of rotatable bonds is 5. The van der Waals surface area contributed by atoms with Gasteiger partial charge in [-0.05, 0) is 25.5 Å². The highest BCUT2D eigenvalue weighted by Gasteiger charge is 2.17. The predicted molar refractivity (Wildman–Crippen MR) is 96.2 cm³/mol. The van der Waals surface area contributed by atoms with Crippen LogP contribution in [0.5, 0.6) is 0 Å². The van der Waals surface area contributed by atoms with E-state index in [-0.39, 0.29) is 11.7 Å². The van der Waals surface area contributed by atoms with Crippen LogP contribution in [-0.4, -0.2) is 26.4 Å². The molecule has 1 amide bonds. The molecule has 0 unspecified atom stereocenters. The molecule has 0 aliphatic carbocycles. The lowest BCUT2D eigenvalue weighted by Crippen LogP contribution is -2.14. The maximum absolute atomic E-state index is 11.2. The molecular formula is C18H18N4OS. The summed E-state index contributed by atoms with van der Waals surface area (Å²) in [6.45, 7) is 4.11. The van der Waals surface area contributed by atoms with Gasteiger partial charge in [0.25, 0.3) is 0 Å². The molecule has 0 radical (unpaired) electrons. The zero-order valence-corrected chi connectivity index (χ0v) is 14.4. The average Bonchev–Trinajstić information content (AvgIpc) is 2.97. The van der Waals surface area contributed by atoms with E-state index >= 15 is 0 Å². The molecule has 1 heterocycles. The van der Waals surface area contributed by atoms with Gasteiger partial charge in [0.2, 0.25) is 5.91 Å². The Balaban J connectivity index is 2.15. The number of nitrogens with zero attached hydrogens (tertiary/aromatic N) is 3. The Morgan fingerprint density at radius 1 is 1.12 bits per heavy atom. The first-order valence-corrected chi connectivity index (χ1v) is 8.54. The van der Waals surface area contributed by atoms with Crippen molar-refractivity contribution in [3.05, 3.63) is 59.7 Å². The van der Waals surface area contributed by atoms with Gasteiger partial charge in [-0.25, -0.2) is 0 Å². The lowest BCUT2D eigenvalue weighted by Gasteiger charge is -2.13. The van der Waals surface area contributed by atoms with Crippen LogP contribution in [0.15, 0.2) is 53.7 Å². The van der Waals surface area contributed by atoms with E-state index in [0.717, 1.165) is 22.6 Å². The first-order valence-electron chi connectivity index (χ1n) is 7.56. The third-order valence-electron chi connectivity index (χ3n) is 3.60. The Morgan fingerprint density at radius 3 is 2.54 bits per heavy atom. The molecule has 6 heteroatoms. The van der Waals surface area contributed by atoms with Crippen molar-refractivity contribution in [1.82, 2.24) is 14.8 Å². The van der Waals surface area contributed by atoms with Crippen molar-refractivity contribution < 1.29 is 4.79 Å². The van der Waals surface area contributed by atoms with E-state index in [1.807, 2.05) is 34.9 Å². The molecule has 0 saturated heterocycles. The Kier molecular flexibility index (Phi) is 4.66. The number of carbonyl (C=O) groups excluding carboxylic acids is 1. The second kappa shape index (κ2) is 6.88. The van der Waals surface area contributed by atoms with Crippen molar-refractivity contribution in [1.29, 1.82) is 0 Å². The molecule has 0 aliphatic rings. The monoisotopic (exact) mass is 338 g/mol. The average molecular weight is 338 g/mol. The van der Waals surface area contributed by atoms with Gasteiger partial charge in [-0.2, -0.15) is 0 Å². The Labute approximate surface area is 144 Å². The molecule has 0 saturated carbocycles. The van der Waals surface area contributed by atoms with E-state index in [0.29, 0.717) is 5.16 Å². The summed E-state index contributed by atoms with van der Waals surface area (Å²) in [7, 11) is 0. The van der Waals surface area contributed by atoms with Crippen LogP contribution in [0, 0.1) is 13.8 Å². The van der Waals surface area contributed by atoms with Gasteiger partial charge in [0.15, 0.2) is 11.0 Å². The number of aromatic nitrogens is 3. The number of nitrogens with two attached hydrogens (primary N) is 1. The van der Waals surface area contributed by atoms with Gasteiger partial charge < -0.3 is 5.73 Å². The molecule has 2 aromatic carbocycles. The molecule has 3 aromatic rings. The van der Waals surface area contributed by atoms with Crippen molar-refractivity contribution in [2.75, 3.05) is 5.75 Å². The highest BCUT2D eigenvalue weighted by Crippen LogP contribution is 2.29. The molecule has 0 fully saturated rings. The molecule has 5 nitrogen and oxygen atoms in total. The fourth-order valence-corrected chi connectivity index (χ4v) is 3.23. The van der Waals surface area contributed by atoms with E-state index in [2.05, 4.69) is 42.2 Å². The maximum Gasteiger partial charge on any atom is 0.227 e. The number of thioether (sulfide) groups is 1. The highest BCUT2D eigenvalue weighted by molar-refractivity contribution is 7.99. The van der Waals surface area contributed by atoms with E-state index in [1.54, 1.807) is 0 Å².